The van der Waals surface area contributed by atoms with Crippen molar-refractivity contribution in [3.63, 3.8) is 0 Å². The number of hydrogen-bond donors (Lipinski definition) is 2. The van der Waals surface area contributed by atoms with Crippen molar-refractivity contribution in [1.29, 1.82) is 0 Å². The fourth-order valence-electron chi connectivity index (χ4n) is 4.98. The molecule has 2 aromatic rings. The second kappa shape index (κ2) is 12.6. The highest BCUT2D eigenvalue weighted by Gasteiger charge is 2.35. The Morgan fingerprint density at radius 3 is 2.44 bits per heavy atom. The summed E-state index contributed by atoms with van der Waals surface area (Å²) in [7, 11) is 0. The van der Waals surface area contributed by atoms with Crippen LogP contribution in [-0.2, 0) is 0 Å². The number of ether oxygens (including phenoxy) is 1. The van der Waals surface area contributed by atoms with E-state index in [1.165, 1.54) is 0 Å². The van der Waals surface area contributed by atoms with Crippen LogP contribution in [0.5, 0.6) is 5.75 Å². The number of aromatic nitrogens is 2. The number of urea groups is 1. The normalized spacial score (nSPS) is 20.6. The molecule has 0 aliphatic carbocycles. The number of nitrogens with two attached hydrogens (primary N) is 2. The van der Waals surface area contributed by atoms with Crippen LogP contribution in [0.3, 0.4) is 0 Å². The minimum atomic E-state index is -1.23. The number of nitrogens with zero attached hydrogens (tertiary/aromatic N) is 5. The lowest BCUT2D eigenvalue weighted by molar-refractivity contribution is 0.172. The molecule has 2 saturated heterocycles. The van der Waals surface area contributed by atoms with Gasteiger partial charge in [0.25, 0.3) is 0 Å². The zero-order valence-corrected chi connectivity index (χ0v) is 22.3. The third kappa shape index (κ3) is 7.17. The van der Waals surface area contributed by atoms with E-state index in [0.29, 0.717) is 55.8 Å². The predicted molar refractivity (Wildman–Crippen MR) is 142 cm³/mol. The molecule has 0 saturated carbocycles. The number of amides is 2. The van der Waals surface area contributed by atoms with Gasteiger partial charge in [-0.3, -0.25) is 0 Å². The Hall–Kier alpha value is -3.41. The average molecular weight is 548 g/mol. The number of piperidine rings is 1. The van der Waals surface area contributed by atoms with Gasteiger partial charge >= 0.3 is 6.03 Å². The molecule has 0 radical (unpaired) electrons. The van der Waals surface area contributed by atoms with E-state index in [9.17, 15) is 18.0 Å². The maximum absolute atomic E-state index is 14.3. The van der Waals surface area contributed by atoms with Crippen LogP contribution in [0.2, 0.25) is 0 Å². The molecule has 0 bridgehead atoms. The highest BCUT2D eigenvalue weighted by molar-refractivity contribution is 5.93. The van der Waals surface area contributed by atoms with Gasteiger partial charge in [0.15, 0.2) is 17.4 Å². The highest BCUT2D eigenvalue weighted by Crippen LogP contribution is 2.31. The van der Waals surface area contributed by atoms with Crippen LogP contribution in [0, 0.1) is 29.3 Å². The first kappa shape index (κ1) is 28.6. The molecule has 2 aliphatic heterocycles. The molecule has 9 nitrogen and oxygen atoms in total. The number of amidine groups is 1. The predicted octanol–water partition coefficient (Wildman–Crippen LogP) is 3.83. The Labute approximate surface area is 226 Å². The SMILES string of the molecule is CC(C)/C(N)=N/C(=O)N1CCC(CCCOc2cnc(N3C[C@H](c4cc(F)c(F)cc4F)[C@@H](N)C3)nc2)CC1. The molecule has 4 rings (SSSR count). The zero-order valence-electron chi connectivity index (χ0n) is 22.3. The smallest absolute Gasteiger partial charge is 0.345 e. The second-order valence-corrected chi connectivity index (χ2v) is 10.6. The number of hydrogen-bond acceptors (Lipinski definition) is 6. The second-order valence-electron chi connectivity index (χ2n) is 10.6. The summed E-state index contributed by atoms with van der Waals surface area (Å²) >= 11 is 0. The quantitative estimate of drug-likeness (QED) is 0.223. The Morgan fingerprint density at radius 1 is 1.10 bits per heavy atom. The van der Waals surface area contributed by atoms with Crippen molar-refractivity contribution in [3.05, 3.63) is 47.5 Å². The monoisotopic (exact) mass is 547 g/mol. The molecular formula is C27H36F3N7O2. The summed E-state index contributed by atoms with van der Waals surface area (Å²) in [5.41, 5.74) is 12.0. The lowest BCUT2D eigenvalue weighted by Gasteiger charge is -2.30. The molecule has 0 spiro atoms. The number of anilines is 1. The van der Waals surface area contributed by atoms with E-state index >= 15 is 0 Å². The van der Waals surface area contributed by atoms with Gasteiger partial charge in [-0.2, -0.15) is 4.99 Å². The number of benzene rings is 1. The summed E-state index contributed by atoms with van der Waals surface area (Å²) in [6, 6.07) is 0.680. The molecule has 3 heterocycles. The van der Waals surface area contributed by atoms with E-state index in [1.807, 2.05) is 13.8 Å². The standard InChI is InChI=1S/C27H36F3N7O2/c1-16(2)25(32)35-27(38)36-7-5-17(6-8-36)4-3-9-39-18-12-33-26(34-13-18)37-14-20(24(31)15-37)19-10-22(29)23(30)11-21(19)28/h10-13,16-17,20,24H,3-9,14-15,31H2,1-2H3,(H2,32,35,38)/t20-,24+/m1/s1. The summed E-state index contributed by atoms with van der Waals surface area (Å²) in [6.45, 7) is 6.32. The van der Waals surface area contributed by atoms with E-state index in [0.717, 1.165) is 31.7 Å². The fraction of sp³-hybridized carbons (Fsp3) is 0.556. The van der Waals surface area contributed by atoms with Gasteiger partial charge in [0.2, 0.25) is 5.95 Å². The molecule has 12 heteroatoms. The molecule has 2 aliphatic rings. The van der Waals surface area contributed by atoms with Gasteiger partial charge in [-0.25, -0.2) is 27.9 Å². The Morgan fingerprint density at radius 2 is 1.77 bits per heavy atom. The van der Waals surface area contributed by atoms with Crippen LogP contribution < -0.4 is 21.1 Å². The Kier molecular flexibility index (Phi) is 9.26. The third-order valence-electron chi connectivity index (χ3n) is 7.43. The van der Waals surface area contributed by atoms with E-state index < -0.39 is 29.4 Å². The van der Waals surface area contributed by atoms with E-state index in [1.54, 1.807) is 22.2 Å². The van der Waals surface area contributed by atoms with Crippen LogP contribution in [0.15, 0.2) is 29.5 Å². The Balaban J connectivity index is 1.19. The number of halogens is 3. The molecule has 212 valence electrons. The van der Waals surface area contributed by atoms with Crippen LogP contribution in [0.25, 0.3) is 0 Å². The lowest BCUT2D eigenvalue weighted by atomic mass is 9.92. The van der Waals surface area contributed by atoms with Gasteiger partial charge in [-0.1, -0.05) is 13.8 Å². The van der Waals surface area contributed by atoms with Crippen molar-refractivity contribution in [1.82, 2.24) is 14.9 Å². The van der Waals surface area contributed by atoms with E-state index in [2.05, 4.69) is 15.0 Å². The summed E-state index contributed by atoms with van der Waals surface area (Å²) in [5, 5.41) is 0. The van der Waals surface area contributed by atoms with Gasteiger partial charge < -0.3 is 26.0 Å². The molecule has 1 aromatic carbocycles. The first-order chi connectivity index (χ1) is 18.6. The minimum absolute atomic E-state index is 0.0462. The summed E-state index contributed by atoms with van der Waals surface area (Å²) in [4.78, 5) is 28.5. The van der Waals surface area contributed by atoms with Crippen molar-refractivity contribution in [3.8, 4) is 5.75 Å². The number of rotatable bonds is 8. The van der Waals surface area contributed by atoms with Crippen LogP contribution in [-0.4, -0.2) is 65.6 Å². The van der Waals surface area contributed by atoms with Crippen molar-refractivity contribution < 1.29 is 22.7 Å². The molecule has 2 atom stereocenters. The summed E-state index contributed by atoms with van der Waals surface area (Å²) in [6.07, 6.45) is 6.86. The van der Waals surface area contributed by atoms with Crippen LogP contribution in [0.4, 0.5) is 23.9 Å². The largest absolute Gasteiger partial charge is 0.490 e. The van der Waals surface area contributed by atoms with Crippen molar-refractivity contribution in [2.24, 2.45) is 28.3 Å². The van der Waals surface area contributed by atoms with Gasteiger partial charge in [0, 0.05) is 50.1 Å². The van der Waals surface area contributed by atoms with Gasteiger partial charge in [0.05, 0.1) is 19.0 Å². The highest BCUT2D eigenvalue weighted by atomic mass is 19.2. The number of likely N-dealkylation sites (tertiary alicyclic amines) is 1. The minimum Gasteiger partial charge on any atom is -0.490 e. The maximum Gasteiger partial charge on any atom is 0.345 e. The zero-order chi connectivity index (χ0) is 28.1. The van der Waals surface area contributed by atoms with Gasteiger partial charge in [-0.05, 0) is 43.2 Å². The number of carbonyl (C=O) groups is 1. The lowest BCUT2D eigenvalue weighted by Crippen LogP contribution is -2.38. The molecule has 2 amide bonds. The van der Waals surface area contributed by atoms with Crippen molar-refractivity contribution in [2.75, 3.05) is 37.7 Å². The maximum atomic E-state index is 14.3. The van der Waals surface area contributed by atoms with E-state index in [4.69, 9.17) is 16.2 Å². The molecule has 2 fully saturated rings. The van der Waals surface area contributed by atoms with Crippen LogP contribution in [0.1, 0.15) is 51.0 Å². The number of aliphatic imine (C=N–C) groups is 1. The third-order valence-corrected chi connectivity index (χ3v) is 7.43. The average Bonchev–Trinajstić information content (AvgIpc) is 3.30. The van der Waals surface area contributed by atoms with E-state index in [-0.39, 0.29) is 24.1 Å². The van der Waals surface area contributed by atoms with Gasteiger partial charge in [-0.15, -0.1) is 0 Å². The van der Waals surface area contributed by atoms with Crippen molar-refractivity contribution in [2.45, 2.75) is 51.5 Å². The molecule has 39 heavy (non-hydrogen) atoms. The van der Waals surface area contributed by atoms with Gasteiger partial charge in [0.1, 0.15) is 11.7 Å². The fourth-order valence-corrected chi connectivity index (χ4v) is 4.98. The summed E-state index contributed by atoms with van der Waals surface area (Å²) in [5.74, 6) is -1.80. The summed E-state index contributed by atoms with van der Waals surface area (Å²) < 4.78 is 47.1. The first-order valence-corrected chi connectivity index (χ1v) is 13.3. The van der Waals surface area contributed by atoms with Crippen molar-refractivity contribution >= 4 is 17.8 Å². The molecule has 0 unspecified atom stereocenters. The molecule has 4 N–H and O–H groups in total. The molecular weight excluding hydrogens is 511 g/mol. The van der Waals surface area contributed by atoms with Crippen LogP contribution >= 0.6 is 0 Å². The first-order valence-electron chi connectivity index (χ1n) is 13.3. The Bertz CT molecular complexity index is 1170. The molecule has 1 aromatic heterocycles. The topological polar surface area (TPSA) is 123 Å². The number of carbonyl (C=O) groups excluding carboxylic acids is 1.